The lowest BCUT2D eigenvalue weighted by Gasteiger charge is -2.11. The number of rotatable bonds is 6. The molecule has 0 aliphatic heterocycles. The molecule has 3 heterocycles. The van der Waals surface area contributed by atoms with E-state index in [1.165, 1.54) is 68.2 Å². The summed E-state index contributed by atoms with van der Waals surface area (Å²) in [6.45, 7) is 0. The van der Waals surface area contributed by atoms with E-state index in [1.807, 2.05) is 29.5 Å². The third kappa shape index (κ3) is 5.68. The summed E-state index contributed by atoms with van der Waals surface area (Å²) >= 11 is 3.65. The van der Waals surface area contributed by atoms with Crippen LogP contribution in [0, 0.1) is 0 Å². The number of hydrogen-bond donors (Lipinski definition) is 0. The standard InChI is InChI=1S/C51H31N3S2/c1-3-12-32(13-4-1)33-24-26-34(27-25-33)36-28-29-45-43(31-36)40-20-10-19-39(48(40)56-45)37-16-9-17-38(30-37)50-52-49(35-14-5-2-6-15-35)53-51(54-50)42-21-11-23-46-47(42)41-18-7-8-22-44(41)55-46/h1-31H. The highest BCUT2D eigenvalue weighted by atomic mass is 32.1. The minimum Gasteiger partial charge on any atom is -0.208 e. The average molecular weight is 750 g/mol. The van der Waals surface area contributed by atoms with Crippen LogP contribution in [0.25, 0.3) is 108 Å². The molecule has 0 fully saturated rings. The third-order valence-corrected chi connectivity index (χ3v) is 12.9. The summed E-state index contributed by atoms with van der Waals surface area (Å²) < 4.78 is 5.02. The molecule has 8 aromatic carbocycles. The Kier molecular flexibility index (Phi) is 7.87. The van der Waals surface area contributed by atoms with Crippen LogP contribution in [0.4, 0.5) is 0 Å². The number of aromatic nitrogens is 3. The maximum atomic E-state index is 5.21. The van der Waals surface area contributed by atoms with Crippen LogP contribution in [0.3, 0.4) is 0 Å². The fourth-order valence-electron chi connectivity index (χ4n) is 7.82. The van der Waals surface area contributed by atoms with Crippen molar-refractivity contribution in [2.24, 2.45) is 0 Å². The molecule has 3 aromatic heterocycles. The monoisotopic (exact) mass is 749 g/mol. The first-order chi connectivity index (χ1) is 27.7. The largest absolute Gasteiger partial charge is 0.208 e. The van der Waals surface area contributed by atoms with Gasteiger partial charge in [0.2, 0.25) is 0 Å². The van der Waals surface area contributed by atoms with E-state index >= 15 is 0 Å². The van der Waals surface area contributed by atoms with Crippen molar-refractivity contribution in [3.63, 3.8) is 0 Å². The molecule has 3 nitrogen and oxygen atoms in total. The van der Waals surface area contributed by atoms with E-state index in [2.05, 4.69) is 170 Å². The summed E-state index contributed by atoms with van der Waals surface area (Å²) in [5, 5.41) is 4.94. The predicted molar refractivity (Wildman–Crippen MR) is 238 cm³/mol. The van der Waals surface area contributed by atoms with Crippen LogP contribution in [0.15, 0.2) is 188 Å². The molecule has 0 atom stereocenters. The van der Waals surface area contributed by atoms with Crippen LogP contribution < -0.4 is 0 Å². The van der Waals surface area contributed by atoms with Crippen LogP contribution in [0.2, 0.25) is 0 Å². The van der Waals surface area contributed by atoms with E-state index in [1.54, 1.807) is 11.3 Å². The Hall–Kier alpha value is -6.79. The number of fused-ring (bicyclic) bond motifs is 6. The molecule has 0 aliphatic carbocycles. The van der Waals surface area contributed by atoms with Crippen molar-refractivity contribution in [3.05, 3.63) is 188 Å². The quantitative estimate of drug-likeness (QED) is 0.170. The summed E-state index contributed by atoms with van der Waals surface area (Å²) in [5.41, 5.74) is 10.1. The van der Waals surface area contributed by atoms with E-state index in [4.69, 9.17) is 15.0 Å². The second kappa shape index (κ2) is 13.5. The van der Waals surface area contributed by atoms with Gasteiger partial charge in [-0.1, -0.05) is 158 Å². The zero-order chi connectivity index (χ0) is 37.0. The van der Waals surface area contributed by atoms with Crippen molar-refractivity contribution in [1.29, 1.82) is 0 Å². The first-order valence-electron chi connectivity index (χ1n) is 18.7. The Labute approximate surface area is 331 Å². The molecule has 56 heavy (non-hydrogen) atoms. The lowest BCUT2D eigenvalue weighted by atomic mass is 9.98. The van der Waals surface area contributed by atoms with E-state index in [9.17, 15) is 0 Å². The molecule has 0 N–H and O–H groups in total. The van der Waals surface area contributed by atoms with Crippen molar-refractivity contribution in [3.8, 4) is 67.5 Å². The highest BCUT2D eigenvalue weighted by Gasteiger charge is 2.18. The van der Waals surface area contributed by atoms with Crippen molar-refractivity contribution >= 4 is 63.0 Å². The van der Waals surface area contributed by atoms with Gasteiger partial charge in [-0.05, 0) is 63.7 Å². The minimum atomic E-state index is 0.652. The Morgan fingerprint density at radius 3 is 1.64 bits per heavy atom. The number of nitrogens with zero attached hydrogens (tertiary/aromatic N) is 3. The van der Waals surface area contributed by atoms with Crippen LogP contribution in [0.5, 0.6) is 0 Å². The Morgan fingerprint density at radius 2 is 0.821 bits per heavy atom. The van der Waals surface area contributed by atoms with Gasteiger partial charge in [0.1, 0.15) is 0 Å². The fourth-order valence-corrected chi connectivity index (χ4v) is 10.2. The van der Waals surface area contributed by atoms with Crippen LogP contribution in [0.1, 0.15) is 0 Å². The van der Waals surface area contributed by atoms with Crippen molar-refractivity contribution in [2.45, 2.75) is 0 Å². The lowest BCUT2D eigenvalue weighted by molar-refractivity contribution is 1.08. The fraction of sp³-hybridized carbons (Fsp3) is 0. The van der Waals surface area contributed by atoms with E-state index in [0.717, 1.165) is 22.3 Å². The van der Waals surface area contributed by atoms with Crippen molar-refractivity contribution in [1.82, 2.24) is 15.0 Å². The minimum absolute atomic E-state index is 0.652. The zero-order valence-electron chi connectivity index (χ0n) is 30.1. The van der Waals surface area contributed by atoms with E-state index < -0.39 is 0 Å². The van der Waals surface area contributed by atoms with Gasteiger partial charge >= 0.3 is 0 Å². The highest BCUT2D eigenvalue weighted by molar-refractivity contribution is 7.26. The molecule has 11 rings (SSSR count). The van der Waals surface area contributed by atoms with Crippen molar-refractivity contribution in [2.75, 3.05) is 0 Å². The van der Waals surface area contributed by atoms with Gasteiger partial charge in [-0.3, -0.25) is 0 Å². The molecule has 262 valence electrons. The van der Waals surface area contributed by atoms with Crippen molar-refractivity contribution < 1.29 is 0 Å². The summed E-state index contributed by atoms with van der Waals surface area (Å²) in [4.78, 5) is 15.4. The predicted octanol–water partition coefficient (Wildman–Crippen LogP) is 14.6. The lowest BCUT2D eigenvalue weighted by Crippen LogP contribution is -2.00. The maximum absolute atomic E-state index is 5.21. The molecule has 0 bridgehead atoms. The second-order valence-corrected chi connectivity index (χ2v) is 16.1. The topological polar surface area (TPSA) is 38.7 Å². The Balaban J connectivity index is 1.01. The molecular weight excluding hydrogens is 719 g/mol. The van der Waals surface area contributed by atoms with Crippen LogP contribution in [-0.2, 0) is 0 Å². The van der Waals surface area contributed by atoms with Gasteiger partial charge in [-0.15, -0.1) is 22.7 Å². The SMILES string of the molecule is c1ccc(-c2ccc(-c3ccc4sc5c(-c6cccc(-c7nc(-c8ccccc8)nc(-c8cccc9sc%10ccccc%10c89)n7)c6)cccc5c4c3)cc2)cc1. The van der Waals surface area contributed by atoms with Gasteiger partial charge in [0, 0.05) is 57.0 Å². The molecule has 0 saturated carbocycles. The van der Waals surface area contributed by atoms with Gasteiger partial charge < -0.3 is 0 Å². The third-order valence-electron chi connectivity index (χ3n) is 10.6. The van der Waals surface area contributed by atoms with Gasteiger partial charge in [-0.25, -0.2) is 15.0 Å². The van der Waals surface area contributed by atoms with Crippen LogP contribution >= 0.6 is 22.7 Å². The van der Waals surface area contributed by atoms with Gasteiger partial charge in [-0.2, -0.15) is 0 Å². The molecule has 0 spiro atoms. The number of benzene rings is 8. The summed E-state index contributed by atoms with van der Waals surface area (Å²) in [6.07, 6.45) is 0. The van der Waals surface area contributed by atoms with Gasteiger partial charge in [0.15, 0.2) is 17.5 Å². The Bertz CT molecular complexity index is 3240. The smallest absolute Gasteiger partial charge is 0.164 e. The molecule has 0 saturated heterocycles. The van der Waals surface area contributed by atoms with Crippen LogP contribution in [-0.4, -0.2) is 15.0 Å². The van der Waals surface area contributed by atoms with Gasteiger partial charge in [0.05, 0.1) is 0 Å². The number of thiophene rings is 2. The molecular formula is C51H31N3S2. The number of hydrogen-bond acceptors (Lipinski definition) is 5. The molecule has 5 heteroatoms. The first-order valence-corrected chi connectivity index (χ1v) is 20.3. The summed E-state index contributed by atoms with van der Waals surface area (Å²) in [5.74, 6) is 1.98. The average Bonchev–Trinajstić information content (AvgIpc) is 3.85. The van der Waals surface area contributed by atoms with E-state index in [0.29, 0.717) is 17.5 Å². The molecule has 0 unspecified atom stereocenters. The van der Waals surface area contributed by atoms with E-state index in [-0.39, 0.29) is 0 Å². The normalized spacial score (nSPS) is 11.6. The maximum Gasteiger partial charge on any atom is 0.164 e. The molecule has 0 radical (unpaired) electrons. The Morgan fingerprint density at radius 1 is 0.286 bits per heavy atom. The second-order valence-electron chi connectivity index (χ2n) is 14.0. The first kappa shape index (κ1) is 32.6. The zero-order valence-corrected chi connectivity index (χ0v) is 31.7. The molecule has 0 amide bonds. The molecule has 11 aromatic rings. The summed E-state index contributed by atoms with van der Waals surface area (Å²) in [6, 6.07) is 66.8. The van der Waals surface area contributed by atoms with Gasteiger partial charge in [0.25, 0.3) is 0 Å². The summed E-state index contributed by atoms with van der Waals surface area (Å²) in [7, 11) is 0. The highest BCUT2D eigenvalue weighted by Crippen LogP contribution is 2.43. The molecule has 0 aliphatic rings.